The fourth-order valence-corrected chi connectivity index (χ4v) is 4.47. The van der Waals surface area contributed by atoms with Gasteiger partial charge in [0.1, 0.15) is 0 Å². The van der Waals surface area contributed by atoms with Crippen LogP contribution in [-0.4, -0.2) is 36.9 Å². The number of carboxylic acids is 1. The number of sulfonamides is 1. The van der Waals surface area contributed by atoms with Crippen molar-refractivity contribution in [3.8, 4) is 0 Å². The molecule has 0 amide bonds. The first kappa shape index (κ1) is 15.0. The number of aromatic carboxylic acids is 1. The minimum absolute atomic E-state index is 0.0100. The Morgan fingerprint density at radius 1 is 1.25 bits per heavy atom. The summed E-state index contributed by atoms with van der Waals surface area (Å²) in [7, 11) is -3.61. The second-order valence-electron chi connectivity index (χ2n) is 5.60. The lowest BCUT2D eigenvalue weighted by Crippen LogP contribution is -2.42. The summed E-state index contributed by atoms with van der Waals surface area (Å²) in [6, 6.07) is 5.53. The third kappa shape index (κ3) is 3.02. The zero-order valence-corrected chi connectivity index (χ0v) is 12.4. The Morgan fingerprint density at radius 2 is 1.85 bits per heavy atom. The zero-order chi connectivity index (χ0) is 14.9. The van der Waals surface area contributed by atoms with E-state index < -0.39 is 16.0 Å². The summed E-state index contributed by atoms with van der Waals surface area (Å²) >= 11 is 0. The van der Waals surface area contributed by atoms with Gasteiger partial charge in [-0.05, 0) is 36.5 Å². The highest BCUT2D eigenvalue weighted by Gasteiger charge is 2.31. The van der Waals surface area contributed by atoms with Crippen molar-refractivity contribution < 1.29 is 18.3 Å². The van der Waals surface area contributed by atoms with Crippen LogP contribution in [0.4, 0.5) is 0 Å². The van der Waals surface area contributed by atoms with E-state index in [1.165, 1.54) is 28.6 Å². The fourth-order valence-electron chi connectivity index (χ4n) is 2.74. The summed E-state index contributed by atoms with van der Waals surface area (Å²) in [5, 5.41) is 8.96. The highest BCUT2D eigenvalue weighted by atomic mass is 32.2. The SMILES string of the molecule is C[C@H]1C[C@H](C)CN(S(=O)(=O)c2cccc(C(=O)O)c2)C1. The molecule has 0 saturated carbocycles. The third-order valence-electron chi connectivity index (χ3n) is 3.55. The van der Waals surface area contributed by atoms with E-state index >= 15 is 0 Å². The second kappa shape index (κ2) is 5.54. The van der Waals surface area contributed by atoms with E-state index in [0.717, 1.165) is 6.42 Å². The smallest absolute Gasteiger partial charge is 0.335 e. The summed E-state index contributed by atoms with van der Waals surface area (Å²) < 4.78 is 26.6. The number of nitrogens with zero attached hydrogens (tertiary/aromatic N) is 1. The van der Waals surface area contributed by atoms with Crippen LogP contribution in [-0.2, 0) is 10.0 Å². The molecule has 1 aromatic carbocycles. The molecule has 110 valence electrons. The van der Waals surface area contributed by atoms with Gasteiger partial charge in [0.05, 0.1) is 10.5 Å². The van der Waals surface area contributed by atoms with E-state index in [-0.39, 0.29) is 10.5 Å². The number of rotatable bonds is 3. The van der Waals surface area contributed by atoms with Crippen molar-refractivity contribution in [1.82, 2.24) is 4.31 Å². The van der Waals surface area contributed by atoms with E-state index in [2.05, 4.69) is 0 Å². The lowest BCUT2D eigenvalue weighted by molar-refractivity contribution is 0.0696. The van der Waals surface area contributed by atoms with Crippen molar-refractivity contribution in [2.24, 2.45) is 11.8 Å². The molecule has 2 rings (SSSR count). The fraction of sp³-hybridized carbons (Fsp3) is 0.500. The Hall–Kier alpha value is -1.40. The molecule has 1 heterocycles. The first-order chi connectivity index (χ1) is 9.30. The Kier molecular flexibility index (Phi) is 4.15. The van der Waals surface area contributed by atoms with Crippen LogP contribution in [0.25, 0.3) is 0 Å². The molecule has 20 heavy (non-hydrogen) atoms. The molecular formula is C14H19NO4S. The molecular weight excluding hydrogens is 278 g/mol. The van der Waals surface area contributed by atoms with E-state index in [1.807, 2.05) is 13.8 Å². The van der Waals surface area contributed by atoms with E-state index in [0.29, 0.717) is 24.9 Å². The predicted octanol–water partition coefficient (Wildman–Crippen LogP) is 2.05. The van der Waals surface area contributed by atoms with Gasteiger partial charge >= 0.3 is 5.97 Å². The topological polar surface area (TPSA) is 74.7 Å². The minimum atomic E-state index is -3.61. The molecule has 1 saturated heterocycles. The molecule has 0 unspecified atom stereocenters. The van der Waals surface area contributed by atoms with Gasteiger partial charge in [0.2, 0.25) is 10.0 Å². The Labute approximate surface area is 119 Å². The van der Waals surface area contributed by atoms with Crippen molar-refractivity contribution >= 4 is 16.0 Å². The number of benzene rings is 1. The van der Waals surface area contributed by atoms with Crippen LogP contribution >= 0.6 is 0 Å². The maximum atomic E-state index is 12.6. The first-order valence-corrected chi connectivity index (χ1v) is 8.08. The molecule has 1 aromatic rings. The molecule has 0 aliphatic carbocycles. The van der Waals surface area contributed by atoms with Crippen molar-refractivity contribution in [2.75, 3.05) is 13.1 Å². The van der Waals surface area contributed by atoms with E-state index in [4.69, 9.17) is 5.11 Å². The molecule has 0 radical (unpaired) electrons. The van der Waals surface area contributed by atoms with Crippen LogP contribution in [0, 0.1) is 11.8 Å². The summed E-state index contributed by atoms with van der Waals surface area (Å²) in [4.78, 5) is 11.0. The molecule has 1 fully saturated rings. The van der Waals surface area contributed by atoms with Crippen LogP contribution in [0.2, 0.25) is 0 Å². The molecule has 5 nitrogen and oxygen atoms in total. The van der Waals surface area contributed by atoms with Gasteiger partial charge in [0.25, 0.3) is 0 Å². The van der Waals surface area contributed by atoms with Gasteiger partial charge in [0, 0.05) is 13.1 Å². The van der Waals surface area contributed by atoms with Gasteiger partial charge in [-0.25, -0.2) is 13.2 Å². The summed E-state index contributed by atoms with van der Waals surface area (Å²) in [5.74, 6) is -0.491. The second-order valence-corrected chi connectivity index (χ2v) is 7.54. The van der Waals surface area contributed by atoms with Crippen molar-refractivity contribution in [3.63, 3.8) is 0 Å². The summed E-state index contributed by atoms with van der Waals surface area (Å²) in [6.45, 7) is 5.05. The number of hydrogen-bond donors (Lipinski definition) is 1. The number of hydrogen-bond acceptors (Lipinski definition) is 3. The molecule has 0 bridgehead atoms. The molecule has 0 aromatic heterocycles. The Bertz CT molecular complexity index is 601. The average Bonchev–Trinajstić information content (AvgIpc) is 2.37. The zero-order valence-electron chi connectivity index (χ0n) is 11.6. The summed E-state index contributed by atoms with van der Waals surface area (Å²) in [5.41, 5.74) is -0.0100. The molecule has 1 aliphatic rings. The van der Waals surface area contributed by atoms with Gasteiger partial charge < -0.3 is 5.11 Å². The van der Waals surface area contributed by atoms with Gasteiger partial charge in [0.15, 0.2) is 0 Å². The van der Waals surface area contributed by atoms with Crippen LogP contribution < -0.4 is 0 Å². The maximum absolute atomic E-state index is 12.6. The molecule has 0 spiro atoms. The lowest BCUT2D eigenvalue weighted by Gasteiger charge is -2.34. The van der Waals surface area contributed by atoms with Crippen LogP contribution in [0.1, 0.15) is 30.6 Å². The Morgan fingerprint density at radius 3 is 2.40 bits per heavy atom. The average molecular weight is 297 g/mol. The number of carbonyl (C=O) groups is 1. The van der Waals surface area contributed by atoms with Crippen LogP contribution in [0.3, 0.4) is 0 Å². The largest absolute Gasteiger partial charge is 0.478 e. The molecule has 1 aliphatic heterocycles. The van der Waals surface area contributed by atoms with Crippen LogP contribution in [0.5, 0.6) is 0 Å². The van der Waals surface area contributed by atoms with Crippen LogP contribution in [0.15, 0.2) is 29.2 Å². The first-order valence-electron chi connectivity index (χ1n) is 6.64. The number of carboxylic acid groups (broad SMARTS) is 1. The Balaban J connectivity index is 2.34. The molecule has 1 N–H and O–H groups in total. The summed E-state index contributed by atoms with van der Waals surface area (Å²) in [6.07, 6.45) is 1.02. The number of piperidine rings is 1. The monoisotopic (exact) mass is 297 g/mol. The predicted molar refractivity (Wildman–Crippen MR) is 75.1 cm³/mol. The normalized spacial score (nSPS) is 24.5. The molecule has 2 atom stereocenters. The van der Waals surface area contributed by atoms with Gasteiger partial charge in [-0.15, -0.1) is 0 Å². The van der Waals surface area contributed by atoms with E-state index in [9.17, 15) is 13.2 Å². The maximum Gasteiger partial charge on any atom is 0.335 e. The highest BCUT2D eigenvalue weighted by Crippen LogP contribution is 2.26. The van der Waals surface area contributed by atoms with Crippen molar-refractivity contribution in [1.29, 1.82) is 0 Å². The quantitative estimate of drug-likeness (QED) is 0.926. The minimum Gasteiger partial charge on any atom is -0.478 e. The lowest BCUT2D eigenvalue weighted by atomic mass is 9.94. The standard InChI is InChI=1S/C14H19NO4S/c1-10-6-11(2)9-15(8-10)20(18,19)13-5-3-4-12(7-13)14(16)17/h3-5,7,10-11H,6,8-9H2,1-2H3,(H,16,17)/t10-,11-/m0/s1. The van der Waals surface area contributed by atoms with E-state index in [1.54, 1.807) is 0 Å². The van der Waals surface area contributed by atoms with Crippen molar-refractivity contribution in [3.05, 3.63) is 29.8 Å². The third-order valence-corrected chi connectivity index (χ3v) is 5.38. The van der Waals surface area contributed by atoms with Gasteiger partial charge in [-0.2, -0.15) is 4.31 Å². The molecule has 6 heteroatoms. The highest BCUT2D eigenvalue weighted by molar-refractivity contribution is 7.89. The van der Waals surface area contributed by atoms with Gasteiger partial charge in [-0.3, -0.25) is 0 Å². The van der Waals surface area contributed by atoms with Gasteiger partial charge in [-0.1, -0.05) is 19.9 Å². The van der Waals surface area contributed by atoms with Crippen molar-refractivity contribution in [2.45, 2.75) is 25.2 Å².